The van der Waals surface area contributed by atoms with Crippen molar-refractivity contribution in [2.24, 2.45) is 0 Å². The topological polar surface area (TPSA) is 18.1 Å². The molecule has 0 radical (unpaired) electrons. The first-order valence-corrected chi connectivity index (χ1v) is 14.0. The predicted molar refractivity (Wildman–Crippen MR) is 166 cm³/mol. The minimum absolute atomic E-state index is 0.931. The van der Waals surface area contributed by atoms with Crippen molar-refractivity contribution in [2.75, 3.05) is 0 Å². The number of benzene rings is 6. The van der Waals surface area contributed by atoms with Crippen molar-refractivity contribution in [1.29, 1.82) is 0 Å². The van der Waals surface area contributed by atoms with Gasteiger partial charge in [-0.3, -0.25) is 0 Å². The van der Waals surface area contributed by atoms with E-state index >= 15 is 0 Å². The van der Waals surface area contributed by atoms with Crippen molar-refractivity contribution >= 4 is 75.3 Å². The number of rotatable bonds is 2. The van der Waals surface area contributed by atoms with Gasteiger partial charge in [0, 0.05) is 53.0 Å². The van der Waals surface area contributed by atoms with Crippen molar-refractivity contribution in [3.63, 3.8) is 0 Å². The Kier molecular flexibility index (Phi) is 4.24. The third kappa shape index (κ3) is 2.96. The van der Waals surface area contributed by atoms with Crippen molar-refractivity contribution in [2.45, 2.75) is 0 Å². The summed E-state index contributed by atoms with van der Waals surface area (Å²) in [7, 11) is 0. The first-order chi connectivity index (χ1) is 19.3. The third-order valence-electron chi connectivity index (χ3n) is 8.01. The molecule has 0 fully saturated rings. The van der Waals surface area contributed by atoms with Crippen molar-refractivity contribution < 1.29 is 4.42 Å². The highest BCUT2D eigenvalue weighted by Gasteiger charge is 2.15. The van der Waals surface area contributed by atoms with Gasteiger partial charge in [-0.15, -0.1) is 11.3 Å². The van der Waals surface area contributed by atoms with Crippen LogP contribution in [0.1, 0.15) is 0 Å². The predicted octanol–water partition coefficient (Wildman–Crippen LogP) is 10.7. The largest absolute Gasteiger partial charge is 0.455 e. The monoisotopic (exact) mass is 515 g/mol. The molecule has 0 aliphatic carbocycles. The number of nitrogens with zero attached hydrogens (tertiary/aromatic N) is 1. The van der Waals surface area contributed by atoms with Crippen molar-refractivity contribution in [1.82, 2.24) is 4.57 Å². The van der Waals surface area contributed by atoms with Gasteiger partial charge < -0.3 is 8.98 Å². The molecule has 9 aromatic rings. The summed E-state index contributed by atoms with van der Waals surface area (Å²) in [6, 6.07) is 45.8. The number of hydrogen-bond acceptors (Lipinski definition) is 2. The second kappa shape index (κ2) is 7.83. The lowest BCUT2D eigenvalue weighted by Gasteiger charge is -2.08. The van der Waals surface area contributed by atoms with Crippen LogP contribution < -0.4 is 0 Å². The summed E-state index contributed by atoms with van der Waals surface area (Å²) in [6.07, 6.45) is 0. The lowest BCUT2D eigenvalue weighted by molar-refractivity contribution is 0.670. The Morgan fingerprint density at radius 3 is 1.92 bits per heavy atom. The summed E-state index contributed by atoms with van der Waals surface area (Å²) in [4.78, 5) is 0. The number of aromatic nitrogens is 1. The Labute approximate surface area is 227 Å². The zero-order chi connectivity index (χ0) is 25.5. The maximum Gasteiger partial charge on any atom is 0.143 e. The Morgan fingerprint density at radius 2 is 1.13 bits per heavy atom. The molecule has 3 heteroatoms. The molecule has 3 heterocycles. The van der Waals surface area contributed by atoms with E-state index < -0.39 is 0 Å². The highest BCUT2D eigenvalue weighted by atomic mass is 32.1. The molecular formula is C36H21NOS. The summed E-state index contributed by atoms with van der Waals surface area (Å²) >= 11 is 1.86. The molecule has 0 aliphatic rings. The van der Waals surface area contributed by atoms with Crippen LogP contribution in [0.3, 0.4) is 0 Å². The highest BCUT2D eigenvalue weighted by molar-refractivity contribution is 7.25. The summed E-state index contributed by atoms with van der Waals surface area (Å²) < 4.78 is 11.3. The smallest absolute Gasteiger partial charge is 0.143 e. The van der Waals surface area contributed by atoms with Gasteiger partial charge in [0.2, 0.25) is 0 Å². The quantitative estimate of drug-likeness (QED) is 0.224. The fourth-order valence-corrected chi connectivity index (χ4v) is 7.43. The van der Waals surface area contributed by atoms with Gasteiger partial charge in [0.05, 0.1) is 11.0 Å². The molecule has 3 aromatic heterocycles. The average molecular weight is 516 g/mol. The first-order valence-electron chi connectivity index (χ1n) is 13.2. The minimum atomic E-state index is 0.931. The van der Waals surface area contributed by atoms with Crippen LogP contribution in [0.5, 0.6) is 0 Å². The molecule has 6 aromatic carbocycles. The number of furan rings is 1. The Balaban J connectivity index is 1.24. The highest BCUT2D eigenvalue weighted by Crippen LogP contribution is 2.41. The molecule has 0 unspecified atom stereocenters. The van der Waals surface area contributed by atoms with E-state index in [1.165, 1.54) is 53.2 Å². The van der Waals surface area contributed by atoms with Gasteiger partial charge in [0.1, 0.15) is 11.2 Å². The van der Waals surface area contributed by atoms with Crippen LogP contribution in [0.15, 0.2) is 132 Å². The van der Waals surface area contributed by atoms with E-state index in [1.54, 1.807) is 0 Å². The number of para-hydroxylation sites is 4. The molecule has 9 rings (SSSR count). The molecule has 0 aliphatic heterocycles. The van der Waals surface area contributed by atoms with Gasteiger partial charge in [-0.05, 0) is 42.0 Å². The van der Waals surface area contributed by atoms with E-state index in [4.69, 9.17) is 4.42 Å². The molecule has 0 N–H and O–H groups in total. The molecule has 0 bridgehead atoms. The zero-order valence-electron chi connectivity index (χ0n) is 20.9. The average Bonchev–Trinajstić information content (AvgIpc) is 3.65. The maximum atomic E-state index is 6.34. The maximum absolute atomic E-state index is 6.34. The second-order valence-electron chi connectivity index (χ2n) is 10.1. The van der Waals surface area contributed by atoms with Gasteiger partial charge in [-0.2, -0.15) is 0 Å². The van der Waals surface area contributed by atoms with Gasteiger partial charge in [0.15, 0.2) is 0 Å². The van der Waals surface area contributed by atoms with E-state index in [0.29, 0.717) is 0 Å². The van der Waals surface area contributed by atoms with Crippen LogP contribution in [0, 0.1) is 0 Å². The Morgan fingerprint density at radius 1 is 0.487 bits per heavy atom. The van der Waals surface area contributed by atoms with Gasteiger partial charge in [-0.1, -0.05) is 91.0 Å². The molecule has 0 saturated heterocycles. The Hall–Kier alpha value is -4.86. The van der Waals surface area contributed by atoms with Crippen LogP contribution in [0.25, 0.3) is 80.7 Å². The number of hydrogen-bond donors (Lipinski definition) is 0. The molecule has 0 saturated carbocycles. The summed E-state index contributed by atoms with van der Waals surface area (Å²) in [5, 5.41) is 7.49. The lowest BCUT2D eigenvalue weighted by Crippen LogP contribution is -1.92. The molecule has 0 amide bonds. The van der Waals surface area contributed by atoms with Crippen molar-refractivity contribution in [3.05, 3.63) is 127 Å². The van der Waals surface area contributed by atoms with Crippen LogP contribution >= 0.6 is 11.3 Å². The summed E-state index contributed by atoms with van der Waals surface area (Å²) in [6.45, 7) is 0. The minimum Gasteiger partial charge on any atom is -0.455 e. The van der Waals surface area contributed by atoms with Gasteiger partial charge >= 0.3 is 0 Å². The lowest BCUT2D eigenvalue weighted by atomic mass is 10.0. The molecule has 182 valence electrons. The molecule has 0 spiro atoms. The third-order valence-corrected chi connectivity index (χ3v) is 9.13. The zero-order valence-corrected chi connectivity index (χ0v) is 21.7. The molecule has 39 heavy (non-hydrogen) atoms. The second-order valence-corrected chi connectivity index (χ2v) is 11.2. The van der Waals surface area contributed by atoms with Crippen LogP contribution in [-0.4, -0.2) is 4.57 Å². The normalized spacial score (nSPS) is 12.1. The van der Waals surface area contributed by atoms with Crippen LogP contribution in [-0.2, 0) is 0 Å². The Bertz CT molecular complexity index is 2350. The van der Waals surface area contributed by atoms with E-state index in [9.17, 15) is 0 Å². The number of fused-ring (bicyclic) bond motifs is 9. The van der Waals surface area contributed by atoms with E-state index in [-0.39, 0.29) is 0 Å². The first kappa shape index (κ1) is 21.1. The van der Waals surface area contributed by atoms with Gasteiger partial charge in [-0.25, -0.2) is 0 Å². The van der Waals surface area contributed by atoms with Gasteiger partial charge in [0.25, 0.3) is 0 Å². The van der Waals surface area contributed by atoms with Crippen LogP contribution in [0.2, 0.25) is 0 Å². The van der Waals surface area contributed by atoms with E-state index in [1.807, 2.05) is 23.5 Å². The van der Waals surface area contributed by atoms with Crippen LogP contribution in [0.4, 0.5) is 0 Å². The molecular weight excluding hydrogens is 494 g/mol. The summed E-state index contributed by atoms with van der Waals surface area (Å²) in [5.74, 6) is 0. The van der Waals surface area contributed by atoms with E-state index in [2.05, 4.69) is 120 Å². The SMILES string of the molecule is c1ccc2c(c1)oc1c(-c3ccc4c(c3)sc3cc(-n5c6ccccc6c6ccccc65)ccc34)cccc12. The molecule has 2 nitrogen and oxygen atoms in total. The van der Waals surface area contributed by atoms with E-state index in [0.717, 1.165) is 27.5 Å². The molecule has 0 atom stereocenters. The summed E-state index contributed by atoms with van der Waals surface area (Å²) in [5.41, 5.74) is 7.86. The standard InChI is InChI=1S/C36H21NOS/c1-4-13-31-25(8-1)26-9-2-5-14-32(26)37(31)23-17-19-29-28-18-16-22(20-34(28)39-35(29)21-23)24-11-7-12-30-27-10-3-6-15-33(27)38-36(24)30/h1-21H. The van der Waals surface area contributed by atoms with Crippen molar-refractivity contribution in [3.8, 4) is 16.8 Å². The fourth-order valence-electron chi connectivity index (χ4n) is 6.25. The fraction of sp³-hybridized carbons (Fsp3) is 0. The number of thiophene rings is 1.